The Hall–Kier alpha value is -1.61. The summed E-state index contributed by atoms with van der Waals surface area (Å²) in [6, 6.07) is 9.28. The van der Waals surface area contributed by atoms with Crippen molar-refractivity contribution in [2.75, 3.05) is 6.61 Å². The fourth-order valence-electron chi connectivity index (χ4n) is 2.24. The Morgan fingerprint density at radius 3 is 2.72 bits per heavy atom. The molecule has 0 radical (unpaired) electrons. The van der Waals surface area contributed by atoms with Gasteiger partial charge in [0.25, 0.3) is 0 Å². The van der Waals surface area contributed by atoms with E-state index in [4.69, 9.17) is 0 Å². The predicted molar refractivity (Wildman–Crippen MR) is 70.9 cm³/mol. The predicted octanol–water partition coefficient (Wildman–Crippen LogP) is 2.19. The van der Waals surface area contributed by atoms with Crippen molar-refractivity contribution in [2.45, 2.75) is 25.3 Å². The molecule has 0 saturated heterocycles. The summed E-state index contributed by atoms with van der Waals surface area (Å²) in [4.78, 5) is 12.1. The molecule has 18 heavy (non-hydrogen) atoms. The second-order valence-electron chi connectivity index (χ2n) is 4.64. The molecule has 0 heterocycles. The van der Waals surface area contributed by atoms with E-state index in [0.29, 0.717) is 0 Å². The highest BCUT2D eigenvalue weighted by molar-refractivity contribution is 5.79. The zero-order valence-electron chi connectivity index (χ0n) is 10.4. The van der Waals surface area contributed by atoms with Crippen molar-refractivity contribution in [1.82, 2.24) is 5.32 Å². The zero-order valence-corrected chi connectivity index (χ0v) is 10.4. The van der Waals surface area contributed by atoms with Crippen LogP contribution in [0.5, 0.6) is 0 Å². The third-order valence-corrected chi connectivity index (χ3v) is 3.34. The Kier molecular flexibility index (Phi) is 4.53. The summed E-state index contributed by atoms with van der Waals surface area (Å²) in [5, 5.41) is 12.3. The highest BCUT2D eigenvalue weighted by Gasteiger charge is 2.21. The van der Waals surface area contributed by atoms with Crippen LogP contribution < -0.4 is 5.32 Å². The Labute approximate surface area is 108 Å². The Morgan fingerprint density at radius 2 is 2.11 bits per heavy atom. The Morgan fingerprint density at radius 1 is 1.33 bits per heavy atom. The number of hydrogen-bond donors (Lipinski definition) is 2. The summed E-state index contributed by atoms with van der Waals surface area (Å²) in [5.41, 5.74) is 0.944. The summed E-state index contributed by atoms with van der Waals surface area (Å²) in [5.74, 6) is 0.0926. The van der Waals surface area contributed by atoms with E-state index < -0.39 is 0 Å². The minimum Gasteiger partial charge on any atom is -0.394 e. The SMILES string of the molecule is O=C(N[C@@H](CO)c1ccccc1)C1CC=CCC1. The van der Waals surface area contributed by atoms with Crippen molar-refractivity contribution in [3.8, 4) is 0 Å². The lowest BCUT2D eigenvalue weighted by atomic mass is 9.93. The normalized spacial score (nSPS) is 20.4. The molecule has 1 unspecified atom stereocenters. The number of rotatable bonds is 4. The molecule has 0 aliphatic heterocycles. The molecule has 2 atom stereocenters. The smallest absolute Gasteiger partial charge is 0.223 e. The first-order valence-electron chi connectivity index (χ1n) is 6.42. The molecule has 1 aromatic carbocycles. The van der Waals surface area contributed by atoms with Gasteiger partial charge in [0.2, 0.25) is 5.91 Å². The minimum atomic E-state index is -0.301. The first-order chi connectivity index (χ1) is 8.81. The molecule has 1 aliphatic rings. The molecule has 2 rings (SSSR count). The van der Waals surface area contributed by atoms with E-state index in [1.807, 2.05) is 30.3 Å². The minimum absolute atomic E-state index is 0.0438. The largest absolute Gasteiger partial charge is 0.394 e. The average molecular weight is 245 g/mol. The lowest BCUT2D eigenvalue weighted by molar-refractivity contribution is -0.126. The molecule has 0 spiro atoms. The van der Waals surface area contributed by atoms with Crippen LogP contribution in [0.4, 0.5) is 0 Å². The van der Waals surface area contributed by atoms with E-state index in [1.165, 1.54) is 0 Å². The number of allylic oxidation sites excluding steroid dienone is 2. The van der Waals surface area contributed by atoms with Crippen molar-refractivity contribution in [1.29, 1.82) is 0 Å². The van der Waals surface area contributed by atoms with Gasteiger partial charge < -0.3 is 10.4 Å². The number of carbonyl (C=O) groups excluding carboxylic acids is 1. The van der Waals surface area contributed by atoms with Gasteiger partial charge in [-0.2, -0.15) is 0 Å². The summed E-state index contributed by atoms with van der Waals surface area (Å²) < 4.78 is 0. The van der Waals surface area contributed by atoms with E-state index in [1.54, 1.807) is 0 Å². The van der Waals surface area contributed by atoms with Crippen LogP contribution in [0.15, 0.2) is 42.5 Å². The van der Waals surface area contributed by atoms with Gasteiger partial charge in [-0.1, -0.05) is 42.5 Å². The fourth-order valence-corrected chi connectivity index (χ4v) is 2.24. The molecule has 3 heteroatoms. The first-order valence-corrected chi connectivity index (χ1v) is 6.42. The lowest BCUT2D eigenvalue weighted by Gasteiger charge is -2.22. The van der Waals surface area contributed by atoms with Crippen molar-refractivity contribution in [2.24, 2.45) is 5.92 Å². The molecule has 0 aromatic heterocycles. The number of amides is 1. The van der Waals surface area contributed by atoms with Crippen LogP contribution in [0.25, 0.3) is 0 Å². The van der Waals surface area contributed by atoms with Gasteiger partial charge in [0, 0.05) is 5.92 Å². The fraction of sp³-hybridized carbons (Fsp3) is 0.400. The maximum Gasteiger partial charge on any atom is 0.223 e. The lowest BCUT2D eigenvalue weighted by Crippen LogP contribution is -2.35. The van der Waals surface area contributed by atoms with Crippen LogP contribution in [0.2, 0.25) is 0 Å². The van der Waals surface area contributed by atoms with E-state index in [2.05, 4.69) is 17.5 Å². The number of benzene rings is 1. The number of aliphatic hydroxyl groups excluding tert-OH is 1. The molecule has 1 aromatic rings. The zero-order chi connectivity index (χ0) is 12.8. The molecular weight excluding hydrogens is 226 g/mol. The maximum absolute atomic E-state index is 12.1. The van der Waals surface area contributed by atoms with Crippen molar-refractivity contribution < 1.29 is 9.90 Å². The van der Waals surface area contributed by atoms with E-state index in [9.17, 15) is 9.90 Å². The van der Waals surface area contributed by atoms with Crippen LogP contribution in [0, 0.1) is 5.92 Å². The molecule has 0 fully saturated rings. The molecule has 96 valence electrons. The van der Waals surface area contributed by atoms with Crippen LogP contribution >= 0.6 is 0 Å². The van der Waals surface area contributed by atoms with E-state index in [-0.39, 0.29) is 24.5 Å². The molecule has 1 amide bonds. The molecular formula is C15H19NO2. The first kappa shape index (κ1) is 12.8. The molecule has 3 nitrogen and oxygen atoms in total. The molecule has 0 bridgehead atoms. The third-order valence-electron chi connectivity index (χ3n) is 3.34. The van der Waals surface area contributed by atoms with Gasteiger partial charge in [-0.25, -0.2) is 0 Å². The van der Waals surface area contributed by atoms with Crippen LogP contribution in [-0.4, -0.2) is 17.6 Å². The Bertz CT molecular complexity index is 414. The number of aliphatic hydroxyl groups is 1. The number of carbonyl (C=O) groups is 1. The summed E-state index contributed by atoms with van der Waals surface area (Å²) in [6.45, 7) is -0.0711. The number of hydrogen-bond acceptors (Lipinski definition) is 2. The van der Waals surface area contributed by atoms with Gasteiger partial charge in [-0.15, -0.1) is 0 Å². The van der Waals surface area contributed by atoms with Gasteiger partial charge in [-0.3, -0.25) is 4.79 Å². The van der Waals surface area contributed by atoms with E-state index in [0.717, 1.165) is 24.8 Å². The molecule has 0 saturated carbocycles. The second-order valence-corrected chi connectivity index (χ2v) is 4.64. The van der Waals surface area contributed by atoms with Crippen LogP contribution in [-0.2, 0) is 4.79 Å². The molecule has 2 N–H and O–H groups in total. The quantitative estimate of drug-likeness (QED) is 0.799. The van der Waals surface area contributed by atoms with Gasteiger partial charge in [-0.05, 0) is 24.8 Å². The van der Waals surface area contributed by atoms with Crippen LogP contribution in [0.1, 0.15) is 30.9 Å². The maximum atomic E-state index is 12.1. The van der Waals surface area contributed by atoms with Gasteiger partial charge in [0.15, 0.2) is 0 Å². The van der Waals surface area contributed by atoms with Crippen molar-refractivity contribution in [3.63, 3.8) is 0 Å². The summed E-state index contributed by atoms with van der Waals surface area (Å²) in [6.07, 6.45) is 6.84. The third kappa shape index (κ3) is 3.20. The van der Waals surface area contributed by atoms with Gasteiger partial charge in [0.1, 0.15) is 0 Å². The summed E-state index contributed by atoms with van der Waals surface area (Å²) in [7, 11) is 0. The Balaban J connectivity index is 1.98. The van der Waals surface area contributed by atoms with Crippen molar-refractivity contribution >= 4 is 5.91 Å². The highest BCUT2D eigenvalue weighted by Crippen LogP contribution is 2.20. The van der Waals surface area contributed by atoms with Crippen molar-refractivity contribution in [3.05, 3.63) is 48.0 Å². The topological polar surface area (TPSA) is 49.3 Å². The van der Waals surface area contributed by atoms with Gasteiger partial charge >= 0.3 is 0 Å². The number of nitrogens with one attached hydrogen (secondary N) is 1. The standard InChI is InChI=1S/C15H19NO2/c17-11-14(12-7-3-1-4-8-12)16-15(18)13-9-5-2-6-10-13/h1-5,7-8,13-14,17H,6,9-11H2,(H,16,18)/t13?,14-/m0/s1. The van der Waals surface area contributed by atoms with Crippen LogP contribution in [0.3, 0.4) is 0 Å². The molecule has 1 aliphatic carbocycles. The summed E-state index contributed by atoms with van der Waals surface area (Å²) >= 11 is 0. The average Bonchev–Trinajstić information content (AvgIpc) is 2.46. The van der Waals surface area contributed by atoms with Gasteiger partial charge in [0.05, 0.1) is 12.6 Å². The second kappa shape index (κ2) is 6.36. The monoisotopic (exact) mass is 245 g/mol. The van der Waals surface area contributed by atoms with E-state index >= 15 is 0 Å². The highest BCUT2D eigenvalue weighted by atomic mass is 16.3.